The van der Waals surface area contributed by atoms with Gasteiger partial charge in [0.2, 0.25) is 5.91 Å². The van der Waals surface area contributed by atoms with E-state index in [1.165, 1.54) is 75.9 Å². The van der Waals surface area contributed by atoms with Crippen molar-refractivity contribution >= 4 is 44.9 Å². The zero-order valence-electron chi connectivity index (χ0n) is 19.5. The van der Waals surface area contributed by atoms with E-state index in [9.17, 15) is 23.1 Å². The lowest BCUT2D eigenvalue weighted by atomic mass is 10.2. The molecule has 0 aliphatic heterocycles. The minimum absolute atomic E-state index is 0.00135. The number of hydrogen-bond donors (Lipinski definition) is 2. The summed E-state index contributed by atoms with van der Waals surface area (Å²) in [5, 5.41) is 12.1. The monoisotopic (exact) mass is 534 g/mol. The van der Waals surface area contributed by atoms with Crippen molar-refractivity contribution in [3.63, 3.8) is 0 Å². The van der Waals surface area contributed by atoms with Gasteiger partial charge in [0.15, 0.2) is 11.5 Å². The molecule has 12 heteroatoms. The van der Waals surface area contributed by atoms with E-state index in [1.54, 1.807) is 6.07 Å². The molecule has 190 valence electrons. The van der Waals surface area contributed by atoms with Crippen LogP contribution in [0.3, 0.4) is 0 Å². The number of hydrogen-bond acceptors (Lipinski definition) is 7. The van der Waals surface area contributed by atoms with Crippen molar-refractivity contribution in [1.29, 1.82) is 0 Å². The van der Waals surface area contributed by atoms with Gasteiger partial charge in [-0.2, -0.15) is 0 Å². The highest BCUT2D eigenvalue weighted by Gasteiger charge is 2.31. The lowest BCUT2D eigenvalue weighted by Gasteiger charge is -2.26. The summed E-state index contributed by atoms with van der Waals surface area (Å²) in [5.74, 6) is -1.43. The van der Waals surface area contributed by atoms with Crippen LogP contribution in [-0.4, -0.2) is 53.3 Å². The van der Waals surface area contributed by atoms with Crippen molar-refractivity contribution in [3.05, 3.63) is 71.2 Å². The Balaban J connectivity index is 2.09. The first-order valence-corrected chi connectivity index (χ1v) is 12.1. The standard InChI is InChI=1S/C24H23ClN2O8S/c1-33-20-10-8-15(25)12-19(20)27(14-23(28)26-18-7-5-4-6-17(18)24(29)30)36(31,32)16-9-11-21(34-2)22(13-16)35-3/h4-13H,14H2,1-3H3,(H,26,28)(H,29,30). The SMILES string of the molecule is COc1ccc(S(=O)(=O)N(CC(=O)Nc2ccccc2C(=O)O)c2cc(Cl)ccc2OC)cc1OC. The topological polar surface area (TPSA) is 131 Å². The number of ether oxygens (including phenoxy) is 3. The molecule has 0 saturated carbocycles. The van der Waals surface area contributed by atoms with Gasteiger partial charge in [0.05, 0.1) is 43.2 Å². The van der Waals surface area contributed by atoms with Crippen LogP contribution in [0.4, 0.5) is 11.4 Å². The third kappa shape index (κ3) is 5.64. The predicted octanol–water partition coefficient (Wildman–Crippen LogP) is 3.90. The van der Waals surface area contributed by atoms with Gasteiger partial charge in [-0.25, -0.2) is 13.2 Å². The first kappa shape index (κ1) is 26.6. The number of halogens is 1. The highest BCUT2D eigenvalue weighted by atomic mass is 35.5. The van der Waals surface area contributed by atoms with Gasteiger partial charge in [0.1, 0.15) is 12.3 Å². The molecule has 0 unspecified atom stereocenters. The summed E-state index contributed by atoms with van der Waals surface area (Å²) in [6.45, 7) is -0.721. The molecule has 10 nitrogen and oxygen atoms in total. The van der Waals surface area contributed by atoms with Gasteiger partial charge < -0.3 is 24.6 Å². The van der Waals surface area contributed by atoms with Gasteiger partial charge in [0.25, 0.3) is 10.0 Å². The number of carbonyl (C=O) groups is 2. The number of rotatable bonds is 10. The molecule has 0 saturated heterocycles. The predicted molar refractivity (Wildman–Crippen MR) is 134 cm³/mol. The van der Waals surface area contributed by atoms with E-state index in [4.69, 9.17) is 25.8 Å². The second-order valence-corrected chi connectivity index (χ2v) is 9.54. The van der Waals surface area contributed by atoms with Crippen LogP contribution in [0.5, 0.6) is 17.2 Å². The number of aromatic carboxylic acids is 1. The maximum Gasteiger partial charge on any atom is 0.337 e. The molecular formula is C24H23ClN2O8S. The molecule has 2 N–H and O–H groups in total. The summed E-state index contributed by atoms with van der Waals surface area (Å²) >= 11 is 6.14. The number of anilines is 2. The lowest BCUT2D eigenvalue weighted by molar-refractivity contribution is -0.114. The summed E-state index contributed by atoms with van der Waals surface area (Å²) in [7, 11) is -0.277. The van der Waals surface area contributed by atoms with Crippen LogP contribution in [0, 0.1) is 0 Å². The van der Waals surface area contributed by atoms with E-state index in [-0.39, 0.29) is 38.4 Å². The van der Waals surface area contributed by atoms with Crippen LogP contribution in [-0.2, 0) is 14.8 Å². The van der Waals surface area contributed by atoms with E-state index in [0.29, 0.717) is 5.75 Å². The number of nitrogens with one attached hydrogen (secondary N) is 1. The van der Waals surface area contributed by atoms with Crippen LogP contribution in [0.1, 0.15) is 10.4 Å². The molecule has 3 rings (SSSR count). The molecule has 0 aliphatic carbocycles. The minimum atomic E-state index is -4.39. The third-order valence-electron chi connectivity index (χ3n) is 5.07. The normalized spacial score (nSPS) is 10.9. The van der Waals surface area contributed by atoms with Crippen LogP contribution in [0.25, 0.3) is 0 Å². The van der Waals surface area contributed by atoms with E-state index in [2.05, 4.69) is 5.32 Å². The van der Waals surface area contributed by atoms with Gasteiger partial charge in [0, 0.05) is 11.1 Å². The van der Waals surface area contributed by atoms with Gasteiger partial charge in [-0.3, -0.25) is 9.10 Å². The van der Waals surface area contributed by atoms with E-state index in [0.717, 1.165) is 4.31 Å². The fourth-order valence-electron chi connectivity index (χ4n) is 3.36. The van der Waals surface area contributed by atoms with Gasteiger partial charge >= 0.3 is 5.97 Å². The molecule has 0 heterocycles. The number of carbonyl (C=O) groups excluding carboxylic acids is 1. The van der Waals surface area contributed by atoms with Crippen molar-refractivity contribution in [2.45, 2.75) is 4.90 Å². The number of benzene rings is 3. The number of para-hydroxylation sites is 1. The molecule has 0 bridgehead atoms. The van der Waals surface area contributed by atoms with Crippen LogP contribution in [0.2, 0.25) is 5.02 Å². The first-order chi connectivity index (χ1) is 17.1. The number of methoxy groups -OCH3 is 3. The smallest absolute Gasteiger partial charge is 0.337 e. The maximum absolute atomic E-state index is 13.8. The van der Waals surface area contributed by atoms with E-state index in [1.807, 2.05) is 0 Å². The molecule has 0 radical (unpaired) electrons. The van der Waals surface area contributed by atoms with E-state index < -0.39 is 28.4 Å². The van der Waals surface area contributed by atoms with Gasteiger partial charge in [-0.1, -0.05) is 23.7 Å². The zero-order chi connectivity index (χ0) is 26.5. The maximum atomic E-state index is 13.8. The molecule has 0 atom stereocenters. The van der Waals surface area contributed by atoms with Crippen molar-refractivity contribution < 1.29 is 37.3 Å². The quantitative estimate of drug-likeness (QED) is 0.400. The van der Waals surface area contributed by atoms with Crippen LogP contribution in [0.15, 0.2) is 65.6 Å². The summed E-state index contributed by atoms with van der Waals surface area (Å²) in [6, 6.07) is 14.1. The van der Waals surface area contributed by atoms with Crippen molar-refractivity contribution in [2.24, 2.45) is 0 Å². The number of sulfonamides is 1. The second-order valence-electron chi connectivity index (χ2n) is 7.24. The molecule has 0 aliphatic rings. The zero-order valence-corrected chi connectivity index (χ0v) is 21.1. The Bertz CT molecular complexity index is 1390. The number of amides is 1. The average Bonchev–Trinajstić information content (AvgIpc) is 2.86. The molecule has 3 aromatic carbocycles. The van der Waals surface area contributed by atoms with Crippen molar-refractivity contribution in [2.75, 3.05) is 37.5 Å². The molecular weight excluding hydrogens is 512 g/mol. The Morgan fingerprint density at radius 1 is 0.917 bits per heavy atom. The van der Waals surface area contributed by atoms with Crippen LogP contribution < -0.4 is 23.8 Å². The van der Waals surface area contributed by atoms with Gasteiger partial charge in [-0.15, -0.1) is 0 Å². The Hall–Kier alpha value is -3.96. The Labute approximate surface area is 213 Å². The minimum Gasteiger partial charge on any atom is -0.495 e. The molecule has 3 aromatic rings. The second kappa shape index (κ2) is 11.2. The summed E-state index contributed by atoms with van der Waals surface area (Å²) in [5.41, 5.74) is -0.140. The molecule has 0 aromatic heterocycles. The fourth-order valence-corrected chi connectivity index (χ4v) is 4.97. The number of carboxylic acids is 1. The summed E-state index contributed by atoms with van der Waals surface area (Å²) < 4.78 is 44.2. The molecule has 0 spiro atoms. The van der Waals surface area contributed by atoms with Crippen LogP contribution >= 0.6 is 11.6 Å². The highest BCUT2D eigenvalue weighted by molar-refractivity contribution is 7.92. The third-order valence-corrected chi connectivity index (χ3v) is 7.06. The Morgan fingerprint density at radius 3 is 2.19 bits per heavy atom. The van der Waals surface area contributed by atoms with Gasteiger partial charge in [-0.05, 0) is 42.5 Å². The number of carboxylic acid groups (broad SMARTS) is 1. The largest absolute Gasteiger partial charge is 0.495 e. The Morgan fingerprint density at radius 2 is 1.56 bits per heavy atom. The lowest BCUT2D eigenvalue weighted by Crippen LogP contribution is -2.38. The number of nitrogens with zero attached hydrogens (tertiary/aromatic N) is 1. The average molecular weight is 535 g/mol. The molecule has 36 heavy (non-hydrogen) atoms. The molecule has 1 amide bonds. The molecule has 0 fully saturated rings. The summed E-state index contributed by atoms with van der Waals surface area (Å²) in [6.07, 6.45) is 0. The van der Waals surface area contributed by atoms with E-state index >= 15 is 0 Å². The Kier molecular flexibility index (Phi) is 8.28. The van der Waals surface area contributed by atoms with Crippen molar-refractivity contribution in [3.8, 4) is 17.2 Å². The highest BCUT2D eigenvalue weighted by Crippen LogP contribution is 2.37. The van der Waals surface area contributed by atoms with Crippen molar-refractivity contribution in [1.82, 2.24) is 0 Å². The summed E-state index contributed by atoms with van der Waals surface area (Å²) in [4.78, 5) is 24.3. The first-order valence-electron chi connectivity index (χ1n) is 10.3. The fraction of sp³-hybridized carbons (Fsp3) is 0.167.